The van der Waals surface area contributed by atoms with Gasteiger partial charge in [0.25, 0.3) is 0 Å². The first-order chi connectivity index (χ1) is 6.22. The Hall–Kier alpha value is -0.730. The fraction of sp³-hybridized carbons (Fsp3) is 0.900. The number of rotatable bonds is 4. The maximum atomic E-state index is 10.9. The topological polar surface area (TPSA) is 41.1 Å². The molecule has 0 unspecified atom stereocenters. The Morgan fingerprint density at radius 1 is 1.15 bits per heavy atom. The minimum atomic E-state index is -0.0113. The highest BCUT2D eigenvalue weighted by Gasteiger charge is 2.32. The fourth-order valence-corrected chi connectivity index (χ4v) is 2.20. The summed E-state index contributed by atoms with van der Waals surface area (Å²) in [6.07, 6.45) is 4.79. The predicted molar refractivity (Wildman–Crippen MR) is 53.7 cm³/mol. The lowest BCUT2D eigenvalue weighted by Crippen LogP contribution is -2.54. The first-order valence-corrected chi connectivity index (χ1v) is 5.24. The third kappa shape index (κ3) is 2.61. The van der Waals surface area contributed by atoms with E-state index in [0.717, 1.165) is 13.1 Å². The highest BCUT2D eigenvalue weighted by atomic mass is 16.2. The van der Waals surface area contributed by atoms with Crippen LogP contribution in [0.15, 0.2) is 0 Å². The van der Waals surface area contributed by atoms with Gasteiger partial charge in [0.15, 0.2) is 0 Å². The number of amides is 2. The summed E-state index contributed by atoms with van der Waals surface area (Å²) in [5.74, 6) is 0. The molecule has 0 aromatic heterocycles. The van der Waals surface area contributed by atoms with Crippen molar-refractivity contribution in [1.29, 1.82) is 0 Å². The molecule has 0 aromatic rings. The monoisotopic (exact) mass is 184 g/mol. The number of urea groups is 1. The Morgan fingerprint density at radius 3 is 2.00 bits per heavy atom. The van der Waals surface area contributed by atoms with Gasteiger partial charge in [0.2, 0.25) is 0 Å². The third-order valence-corrected chi connectivity index (χ3v) is 2.81. The quantitative estimate of drug-likeness (QED) is 0.688. The van der Waals surface area contributed by atoms with Gasteiger partial charge in [0.1, 0.15) is 0 Å². The second-order valence-electron chi connectivity index (χ2n) is 4.04. The van der Waals surface area contributed by atoms with E-state index in [4.69, 9.17) is 0 Å². The number of hydrogen-bond donors (Lipinski definition) is 2. The van der Waals surface area contributed by atoms with Gasteiger partial charge < -0.3 is 10.6 Å². The molecule has 13 heavy (non-hydrogen) atoms. The van der Waals surface area contributed by atoms with Gasteiger partial charge in [-0.15, -0.1) is 0 Å². The van der Waals surface area contributed by atoms with Gasteiger partial charge in [-0.05, 0) is 12.8 Å². The van der Waals surface area contributed by atoms with E-state index in [1.807, 2.05) is 0 Å². The number of carbonyl (C=O) groups excluding carboxylic acids is 1. The summed E-state index contributed by atoms with van der Waals surface area (Å²) in [4.78, 5) is 10.9. The highest BCUT2D eigenvalue weighted by Crippen LogP contribution is 2.29. The molecule has 0 aromatic carbocycles. The molecule has 0 radical (unpaired) electrons. The van der Waals surface area contributed by atoms with Crippen molar-refractivity contribution in [3.63, 3.8) is 0 Å². The zero-order chi connectivity index (χ0) is 9.73. The average molecular weight is 184 g/mol. The molecular weight excluding hydrogens is 164 g/mol. The molecule has 1 aliphatic heterocycles. The molecule has 76 valence electrons. The van der Waals surface area contributed by atoms with Gasteiger partial charge in [-0.3, -0.25) is 0 Å². The van der Waals surface area contributed by atoms with Crippen molar-refractivity contribution in [2.24, 2.45) is 5.41 Å². The summed E-state index contributed by atoms with van der Waals surface area (Å²) in [6.45, 7) is 6.10. The standard InChI is InChI=1S/C10H20N2O/c1-3-5-10(6-4-2)7-11-9(13)12-8-10/h3-8H2,1-2H3,(H2,11,12,13). The summed E-state index contributed by atoms with van der Waals surface area (Å²) in [5, 5.41) is 5.78. The Labute approximate surface area is 80.3 Å². The summed E-state index contributed by atoms with van der Waals surface area (Å²) in [6, 6.07) is -0.0113. The summed E-state index contributed by atoms with van der Waals surface area (Å²) >= 11 is 0. The van der Waals surface area contributed by atoms with Crippen molar-refractivity contribution in [2.75, 3.05) is 13.1 Å². The summed E-state index contributed by atoms with van der Waals surface area (Å²) < 4.78 is 0. The first-order valence-electron chi connectivity index (χ1n) is 5.24. The van der Waals surface area contributed by atoms with Crippen molar-refractivity contribution < 1.29 is 4.79 Å². The molecule has 1 heterocycles. The largest absolute Gasteiger partial charge is 0.338 e. The van der Waals surface area contributed by atoms with Crippen LogP contribution >= 0.6 is 0 Å². The molecule has 0 bridgehead atoms. The van der Waals surface area contributed by atoms with Crippen molar-refractivity contribution in [2.45, 2.75) is 39.5 Å². The summed E-state index contributed by atoms with van der Waals surface area (Å²) in [5.41, 5.74) is 0.317. The molecule has 0 saturated carbocycles. The van der Waals surface area contributed by atoms with Gasteiger partial charge in [-0.25, -0.2) is 4.79 Å². The Bertz CT molecular complexity index is 162. The lowest BCUT2D eigenvalue weighted by molar-refractivity contribution is 0.176. The van der Waals surface area contributed by atoms with E-state index in [1.54, 1.807) is 0 Å². The van der Waals surface area contributed by atoms with Crippen LogP contribution in [-0.4, -0.2) is 19.1 Å². The summed E-state index contributed by atoms with van der Waals surface area (Å²) in [7, 11) is 0. The van der Waals surface area contributed by atoms with Gasteiger partial charge >= 0.3 is 6.03 Å². The van der Waals surface area contributed by atoms with Gasteiger partial charge in [-0.1, -0.05) is 26.7 Å². The Morgan fingerprint density at radius 2 is 1.62 bits per heavy atom. The molecule has 0 spiro atoms. The predicted octanol–water partition coefficient (Wildman–Crippen LogP) is 1.89. The van der Waals surface area contributed by atoms with E-state index in [0.29, 0.717) is 5.41 Å². The normalized spacial score (nSPS) is 20.6. The molecule has 2 amide bonds. The molecular formula is C10H20N2O. The van der Waals surface area contributed by atoms with E-state index in [1.165, 1.54) is 25.7 Å². The number of nitrogens with one attached hydrogen (secondary N) is 2. The SMILES string of the molecule is CCCC1(CCC)CNC(=O)NC1. The lowest BCUT2D eigenvalue weighted by atomic mass is 9.78. The van der Waals surface area contributed by atoms with Crippen LogP contribution in [0.4, 0.5) is 4.79 Å². The average Bonchev–Trinajstić information content (AvgIpc) is 2.11. The van der Waals surface area contributed by atoms with Crippen molar-refractivity contribution >= 4 is 6.03 Å². The van der Waals surface area contributed by atoms with E-state index in [9.17, 15) is 4.79 Å². The zero-order valence-corrected chi connectivity index (χ0v) is 8.65. The van der Waals surface area contributed by atoms with Gasteiger partial charge in [0, 0.05) is 18.5 Å². The van der Waals surface area contributed by atoms with E-state index in [-0.39, 0.29) is 6.03 Å². The van der Waals surface area contributed by atoms with Crippen molar-refractivity contribution in [1.82, 2.24) is 10.6 Å². The van der Waals surface area contributed by atoms with Crippen LogP contribution in [0, 0.1) is 5.41 Å². The Balaban J connectivity index is 2.51. The smallest absolute Gasteiger partial charge is 0.314 e. The van der Waals surface area contributed by atoms with Crippen LogP contribution in [0.1, 0.15) is 39.5 Å². The van der Waals surface area contributed by atoms with Crippen LogP contribution in [0.5, 0.6) is 0 Å². The molecule has 1 saturated heterocycles. The van der Waals surface area contributed by atoms with E-state index in [2.05, 4.69) is 24.5 Å². The molecule has 3 nitrogen and oxygen atoms in total. The maximum absolute atomic E-state index is 10.9. The molecule has 0 atom stereocenters. The van der Waals surface area contributed by atoms with Crippen LogP contribution in [0.25, 0.3) is 0 Å². The van der Waals surface area contributed by atoms with Crippen LogP contribution in [0.3, 0.4) is 0 Å². The molecule has 1 rings (SSSR count). The minimum absolute atomic E-state index is 0.0113. The number of carbonyl (C=O) groups is 1. The second-order valence-corrected chi connectivity index (χ2v) is 4.04. The lowest BCUT2D eigenvalue weighted by Gasteiger charge is -2.37. The Kier molecular flexibility index (Phi) is 3.58. The molecule has 1 fully saturated rings. The van der Waals surface area contributed by atoms with Crippen molar-refractivity contribution in [3.05, 3.63) is 0 Å². The molecule has 2 N–H and O–H groups in total. The minimum Gasteiger partial charge on any atom is -0.338 e. The van der Waals surface area contributed by atoms with Crippen LogP contribution < -0.4 is 10.6 Å². The highest BCUT2D eigenvalue weighted by molar-refractivity contribution is 5.74. The van der Waals surface area contributed by atoms with Gasteiger partial charge in [0.05, 0.1) is 0 Å². The van der Waals surface area contributed by atoms with Crippen LogP contribution in [0.2, 0.25) is 0 Å². The maximum Gasteiger partial charge on any atom is 0.314 e. The fourth-order valence-electron chi connectivity index (χ4n) is 2.20. The first kappa shape index (κ1) is 10.4. The van der Waals surface area contributed by atoms with Gasteiger partial charge in [-0.2, -0.15) is 0 Å². The van der Waals surface area contributed by atoms with E-state index < -0.39 is 0 Å². The van der Waals surface area contributed by atoms with Crippen molar-refractivity contribution in [3.8, 4) is 0 Å². The second kappa shape index (κ2) is 4.49. The molecule has 1 aliphatic rings. The zero-order valence-electron chi connectivity index (χ0n) is 8.65. The van der Waals surface area contributed by atoms with Crippen LogP contribution in [-0.2, 0) is 0 Å². The molecule has 3 heteroatoms. The third-order valence-electron chi connectivity index (χ3n) is 2.81. The van der Waals surface area contributed by atoms with E-state index >= 15 is 0 Å². The molecule has 0 aliphatic carbocycles. The number of hydrogen-bond acceptors (Lipinski definition) is 1.